The van der Waals surface area contributed by atoms with Crippen LogP contribution < -0.4 is 5.73 Å². The number of nitrogens with two attached hydrogens (primary N) is 1. The molecule has 19 heavy (non-hydrogen) atoms. The van der Waals surface area contributed by atoms with Crippen LogP contribution in [0.1, 0.15) is 31.7 Å². The Hall–Kier alpha value is -0.900. The molecule has 0 spiro atoms. The van der Waals surface area contributed by atoms with E-state index in [0.717, 1.165) is 19.7 Å². The largest absolute Gasteiger partial charge is 0.377 e. The fourth-order valence-corrected chi connectivity index (χ4v) is 2.83. The molecule has 1 aliphatic heterocycles. The highest BCUT2D eigenvalue weighted by atomic mass is 16.5. The first-order chi connectivity index (χ1) is 9.08. The van der Waals surface area contributed by atoms with Gasteiger partial charge in [-0.2, -0.15) is 0 Å². The highest BCUT2D eigenvalue weighted by Gasteiger charge is 2.24. The molecule has 1 heterocycles. The number of hydrogen-bond acceptors (Lipinski definition) is 3. The molecule has 3 heteroatoms. The Morgan fingerprint density at radius 2 is 2.05 bits per heavy atom. The summed E-state index contributed by atoms with van der Waals surface area (Å²) < 4.78 is 5.79. The second-order valence-electron chi connectivity index (χ2n) is 5.97. The van der Waals surface area contributed by atoms with Gasteiger partial charge in [0, 0.05) is 19.7 Å². The van der Waals surface area contributed by atoms with Crippen molar-refractivity contribution in [1.82, 2.24) is 4.90 Å². The van der Waals surface area contributed by atoms with E-state index >= 15 is 0 Å². The molecule has 2 atom stereocenters. The lowest BCUT2D eigenvalue weighted by atomic mass is 9.92. The average molecular weight is 262 g/mol. The van der Waals surface area contributed by atoms with Gasteiger partial charge in [-0.15, -0.1) is 0 Å². The SMILES string of the molecule is CN(CC1CCCCO1)CC(C)(N)c1ccccc1. The molecule has 106 valence electrons. The predicted molar refractivity (Wildman–Crippen MR) is 79.1 cm³/mol. The predicted octanol–water partition coefficient (Wildman–Crippen LogP) is 2.36. The lowest BCUT2D eigenvalue weighted by molar-refractivity contribution is -0.00404. The van der Waals surface area contributed by atoms with Crippen molar-refractivity contribution in [2.75, 3.05) is 26.7 Å². The smallest absolute Gasteiger partial charge is 0.0701 e. The third-order valence-corrected chi connectivity index (χ3v) is 3.82. The summed E-state index contributed by atoms with van der Waals surface area (Å²) in [5.74, 6) is 0. The molecule has 0 amide bonds. The van der Waals surface area contributed by atoms with Crippen molar-refractivity contribution in [3.63, 3.8) is 0 Å². The van der Waals surface area contributed by atoms with Gasteiger partial charge in [0.15, 0.2) is 0 Å². The number of ether oxygens (including phenoxy) is 1. The van der Waals surface area contributed by atoms with Gasteiger partial charge in [0.05, 0.1) is 11.6 Å². The molecule has 0 radical (unpaired) electrons. The monoisotopic (exact) mass is 262 g/mol. The Balaban J connectivity index is 1.88. The van der Waals surface area contributed by atoms with Gasteiger partial charge in [-0.25, -0.2) is 0 Å². The minimum atomic E-state index is -0.315. The Labute approximate surface area is 116 Å². The van der Waals surface area contributed by atoms with E-state index in [2.05, 4.69) is 31.0 Å². The van der Waals surface area contributed by atoms with Crippen LogP contribution in [0.3, 0.4) is 0 Å². The van der Waals surface area contributed by atoms with Gasteiger partial charge in [0.2, 0.25) is 0 Å². The highest BCUT2D eigenvalue weighted by Crippen LogP contribution is 2.19. The van der Waals surface area contributed by atoms with Crippen LogP contribution >= 0.6 is 0 Å². The first-order valence-electron chi connectivity index (χ1n) is 7.22. The molecular weight excluding hydrogens is 236 g/mol. The minimum Gasteiger partial charge on any atom is -0.377 e. The zero-order chi connectivity index (χ0) is 13.7. The molecule has 1 saturated heterocycles. The van der Waals surface area contributed by atoms with Crippen LogP contribution in [-0.4, -0.2) is 37.7 Å². The molecule has 2 unspecified atom stereocenters. The van der Waals surface area contributed by atoms with Crippen LogP contribution in [0.4, 0.5) is 0 Å². The molecule has 1 aromatic rings. The fourth-order valence-electron chi connectivity index (χ4n) is 2.83. The van der Waals surface area contributed by atoms with Crippen molar-refractivity contribution in [3.05, 3.63) is 35.9 Å². The van der Waals surface area contributed by atoms with Crippen LogP contribution in [-0.2, 0) is 10.3 Å². The summed E-state index contributed by atoms with van der Waals surface area (Å²) in [4.78, 5) is 2.29. The van der Waals surface area contributed by atoms with Crippen molar-refractivity contribution in [1.29, 1.82) is 0 Å². The van der Waals surface area contributed by atoms with Crippen LogP contribution in [0, 0.1) is 0 Å². The summed E-state index contributed by atoms with van der Waals surface area (Å²) in [6.07, 6.45) is 4.05. The Morgan fingerprint density at radius 3 is 2.68 bits per heavy atom. The molecule has 2 N–H and O–H groups in total. The van der Waals surface area contributed by atoms with Crippen LogP contribution in [0.5, 0.6) is 0 Å². The minimum absolute atomic E-state index is 0.315. The van der Waals surface area contributed by atoms with Crippen molar-refractivity contribution in [2.24, 2.45) is 5.73 Å². The van der Waals surface area contributed by atoms with Crippen molar-refractivity contribution < 1.29 is 4.74 Å². The molecule has 1 fully saturated rings. The molecule has 0 bridgehead atoms. The summed E-state index contributed by atoms with van der Waals surface area (Å²) in [5, 5.41) is 0. The van der Waals surface area contributed by atoms with E-state index in [1.807, 2.05) is 18.2 Å². The van der Waals surface area contributed by atoms with Gasteiger partial charge in [-0.05, 0) is 38.8 Å². The van der Waals surface area contributed by atoms with Crippen molar-refractivity contribution in [3.8, 4) is 0 Å². The van der Waals surface area contributed by atoms with E-state index in [1.165, 1.54) is 24.8 Å². The van der Waals surface area contributed by atoms with Crippen LogP contribution in [0.25, 0.3) is 0 Å². The number of rotatable bonds is 5. The normalized spacial score (nSPS) is 23.3. The maximum Gasteiger partial charge on any atom is 0.0701 e. The van der Waals surface area contributed by atoms with Crippen molar-refractivity contribution >= 4 is 0 Å². The van der Waals surface area contributed by atoms with E-state index in [1.54, 1.807) is 0 Å². The van der Waals surface area contributed by atoms with Gasteiger partial charge in [-0.3, -0.25) is 0 Å². The Bertz CT molecular complexity index is 372. The third kappa shape index (κ3) is 4.30. The Morgan fingerprint density at radius 1 is 1.32 bits per heavy atom. The Kier molecular flexibility index (Phi) is 4.97. The number of nitrogens with zero attached hydrogens (tertiary/aromatic N) is 1. The third-order valence-electron chi connectivity index (χ3n) is 3.82. The van der Waals surface area contributed by atoms with Gasteiger partial charge in [-0.1, -0.05) is 30.3 Å². The molecule has 0 aliphatic carbocycles. The molecule has 1 aromatic carbocycles. The molecule has 0 aromatic heterocycles. The van der Waals surface area contributed by atoms with E-state index in [0.29, 0.717) is 6.10 Å². The summed E-state index contributed by atoms with van der Waals surface area (Å²) in [6, 6.07) is 10.3. The summed E-state index contributed by atoms with van der Waals surface area (Å²) >= 11 is 0. The van der Waals surface area contributed by atoms with Crippen LogP contribution in [0.2, 0.25) is 0 Å². The van der Waals surface area contributed by atoms with Crippen molar-refractivity contribution in [2.45, 2.75) is 37.8 Å². The number of benzene rings is 1. The lowest BCUT2D eigenvalue weighted by Gasteiger charge is -2.33. The fraction of sp³-hybridized carbons (Fsp3) is 0.625. The molecular formula is C16H26N2O. The first-order valence-corrected chi connectivity index (χ1v) is 7.22. The standard InChI is InChI=1S/C16H26N2O/c1-16(17,14-8-4-3-5-9-14)13-18(2)12-15-10-6-7-11-19-15/h3-5,8-9,15H,6-7,10-13,17H2,1-2H3. The topological polar surface area (TPSA) is 38.5 Å². The van der Waals surface area contributed by atoms with Crippen LogP contribution in [0.15, 0.2) is 30.3 Å². The first kappa shape index (κ1) is 14.5. The molecule has 1 aliphatic rings. The quantitative estimate of drug-likeness (QED) is 0.885. The van der Waals surface area contributed by atoms with Gasteiger partial charge in [0.1, 0.15) is 0 Å². The second-order valence-corrected chi connectivity index (χ2v) is 5.97. The van der Waals surface area contributed by atoms with E-state index in [9.17, 15) is 0 Å². The average Bonchev–Trinajstić information content (AvgIpc) is 2.40. The molecule has 3 nitrogen and oxygen atoms in total. The van der Waals surface area contributed by atoms with E-state index in [-0.39, 0.29) is 5.54 Å². The maximum atomic E-state index is 6.46. The zero-order valence-corrected chi connectivity index (χ0v) is 12.1. The molecule has 0 saturated carbocycles. The van der Waals surface area contributed by atoms with Gasteiger partial charge < -0.3 is 15.4 Å². The van der Waals surface area contributed by atoms with Gasteiger partial charge >= 0.3 is 0 Å². The summed E-state index contributed by atoms with van der Waals surface area (Å²) in [7, 11) is 2.13. The maximum absolute atomic E-state index is 6.46. The highest BCUT2D eigenvalue weighted by molar-refractivity contribution is 5.23. The zero-order valence-electron chi connectivity index (χ0n) is 12.1. The second kappa shape index (κ2) is 6.51. The number of hydrogen-bond donors (Lipinski definition) is 1. The lowest BCUT2D eigenvalue weighted by Crippen LogP contribution is -2.46. The molecule has 2 rings (SSSR count). The summed E-state index contributed by atoms with van der Waals surface area (Å²) in [6.45, 7) is 4.83. The summed E-state index contributed by atoms with van der Waals surface area (Å²) in [5.41, 5.74) is 7.33. The van der Waals surface area contributed by atoms with Gasteiger partial charge in [0.25, 0.3) is 0 Å². The van der Waals surface area contributed by atoms with E-state index in [4.69, 9.17) is 10.5 Å². The van der Waals surface area contributed by atoms with E-state index < -0.39 is 0 Å². The number of likely N-dealkylation sites (N-methyl/N-ethyl adjacent to an activating group) is 1.